The van der Waals surface area contributed by atoms with Gasteiger partial charge < -0.3 is 4.57 Å². The third-order valence-corrected chi connectivity index (χ3v) is 3.09. The zero-order valence-corrected chi connectivity index (χ0v) is 13.5. The lowest BCUT2D eigenvalue weighted by Crippen LogP contribution is -2.19. The molecule has 0 atom stereocenters. The molecule has 114 valence electrons. The average Bonchev–Trinajstić information content (AvgIpc) is 2.42. The molecule has 0 fully saturated rings. The highest BCUT2D eigenvalue weighted by Crippen LogP contribution is 2.25. The van der Waals surface area contributed by atoms with Crippen LogP contribution in [-0.2, 0) is 12.0 Å². The van der Waals surface area contributed by atoms with Gasteiger partial charge in [-0.05, 0) is 28.7 Å². The van der Waals surface area contributed by atoms with Gasteiger partial charge in [0.2, 0.25) is 0 Å². The highest BCUT2D eigenvalue weighted by molar-refractivity contribution is 5.29. The molecule has 0 aliphatic carbocycles. The summed E-state index contributed by atoms with van der Waals surface area (Å²) in [5.41, 5.74) is 1.19. The van der Waals surface area contributed by atoms with Gasteiger partial charge in [0.1, 0.15) is 5.82 Å². The predicted octanol–water partition coefficient (Wildman–Crippen LogP) is 4.36. The molecule has 1 aromatic heterocycles. The van der Waals surface area contributed by atoms with Gasteiger partial charge in [0.05, 0.1) is 6.54 Å². The molecular formula is C18H24FNO. The third-order valence-electron chi connectivity index (χ3n) is 3.09. The molecule has 0 N–H and O–H groups in total. The summed E-state index contributed by atoms with van der Waals surface area (Å²) >= 11 is 0. The first-order valence-electron chi connectivity index (χ1n) is 7.32. The van der Waals surface area contributed by atoms with E-state index < -0.39 is 0 Å². The van der Waals surface area contributed by atoms with Crippen molar-refractivity contribution >= 4 is 0 Å². The number of benzene rings is 1. The molecule has 1 aromatic carbocycles. The van der Waals surface area contributed by atoms with E-state index in [2.05, 4.69) is 0 Å². The number of rotatable bonds is 2. The van der Waals surface area contributed by atoms with Gasteiger partial charge in [-0.25, -0.2) is 4.39 Å². The van der Waals surface area contributed by atoms with Crippen LogP contribution in [-0.4, -0.2) is 4.57 Å². The van der Waals surface area contributed by atoms with E-state index in [9.17, 15) is 9.18 Å². The lowest BCUT2D eigenvalue weighted by atomic mass is 9.86. The van der Waals surface area contributed by atoms with Gasteiger partial charge in [-0.15, -0.1) is 0 Å². The van der Waals surface area contributed by atoms with E-state index in [1.165, 1.54) is 12.1 Å². The number of aromatic nitrogens is 1. The first kappa shape index (κ1) is 17.2. The molecule has 0 aliphatic heterocycles. The zero-order chi connectivity index (χ0) is 16.0. The van der Waals surface area contributed by atoms with Crippen LogP contribution < -0.4 is 5.56 Å². The molecule has 0 bridgehead atoms. The molecule has 2 rings (SSSR count). The van der Waals surface area contributed by atoms with Crippen molar-refractivity contribution in [1.82, 2.24) is 4.57 Å². The standard InChI is InChI=1S/C16H18FNO.C2H6/c1-16(2,3)13-8-7-12(10-14(13)17)11-18-9-5-4-6-15(18)19;1-2/h4-10H,11H2,1-3H3;1-2H3. The smallest absolute Gasteiger partial charge is 0.250 e. The molecule has 1 heterocycles. The Balaban J connectivity index is 0.00000106. The molecular weight excluding hydrogens is 265 g/mol. The molecule has 0 saturated carbocycles. The summed E-state index contributed by atoms with van der Waals surface area (Å²) in [5.74, 6) is -0.214. The summed E-state index contributed by atoms with van der Waals surface area (Å²) in [7, 11) is 0. The van der Waals surface area contributed by atoms with Crippen molar-refractivity contribution < 1.29 is 4.39 Å². The lowest BCUT2D eigenvalue weighted by molar-refractivity contribution is 0.521. The third kappa shape index (κ3) is 4.55. The van der Waals surface area contributed by atoms with Crippen LogP contribution >= 0.6 is 0 Å². The maximum absolute atomic E-state index is 14.1. The molecule has 0 saturated heterocycles. The Labute approximate surface area is 126 Å². The van der Waals surface area contributed by atoms with Gasteiger partial charge in [0, 0.05) is 12.3 Å². The van der Waals surface area contributed by atoms with E-state index in [1.54, 1.807) is 29.0 Å². The van der Waals surface area contributed by atoms with Crippen LogP contribution in [0.15, 0.2) is 47.4 Å². The van der Waals surface area contributed by atoms with Crippen LogP contribution in [0.5, 0.6) is 0 Å². The van der Waals surface area contributed by atoms with Crippen molar-refractivity contribution in [3.05, 3.63) is 69.9 Å². The lowest BCUT2D eigenvalue weighted by Gasteiger charge is -2.20. The molecule has 2 nitrogen and oxygen atoms in total. The summed E-state index contributed by atoms with van der Waals surface area (Å²) in [5, 5.41) is 0. The van der Waals surface area contributed by atoms with Crippen molar-refractivity contribution in [2.45, 2.75) is 46.6 Å². The monoisotopic (exact) mass is 289 g/mol. The molecule has 21 heavy (non-hydrogen) atoms. The highest BCUT2D eigenvalue weighted by atomic mass is 19.1. The molecule has 0 radical (unpaired) electrons. The Morgan fingerprint density at radius 3 is 2.29 bits per heavy atom. The minimum Gasteiger partial charge on any atom is -0.311 e. The molecule has 3 heteroatoms. The molecule has 0 spiro atoms. The van der Waals surface area contributed by atoms with Crippen molar-refractivity contribution in [3.63, 3.8) is 0 Å². The Kier molecular flexibility index (Phi) is 5.89. The Morgan fingerprint density at radius 1 is 1.10 bits per heavy atom. The van der Waals surface area contributed by atoms with E-state index in [-0.39, 0.29) is 16.8 Å². The average molecular weight is 289 g/mol. The first-order chi connectivity index (χ1) is 9.88. The summed E-state index contributed by atoms with van der Waals surface area (Å²) < 4.78 is 15.6. The fraction of sp³-hybridized carbons (Fsp3) is 0.389. The van der Waals surface area contributed by atoms with Crippen LogP contribution in [0, 0.1) is 5.82 Å². The van der Waals surface area contributed by atoms with Gasteiger partial charge >= 0.3 is 0 Å². The van der Waals surface area contributed by atoms with Gasteiger partial charge in [-0.1, -0.05) is 52.8 Å². The quantitative estimate of drug-likeness (QED) is 0.805. The van der Waals surface area contributed by atoms with Gasteiger partial charge in [-0.3, -0.25) is 4.79 Å². The second-order valence-electron chi connectivity index (χ2n) is 5.73. The number of halogens is 1. The molecule has 2 aromatic rings. The van der Waals surface area contributed by atoms with Crippen LogP contribution in [0.1, 0.15) is 45.7 Å². The number of nitrogens with zero attached hydrogens (tertiary/aromatic N) is 1. The SMILES string of the molecule is CC.CC(C)(C)c1ccc(Cn2ccccc2=O)cc1F. The first-order valence-corrected chi connectivity index (χ1v) is 7.32. The minimum absolute atomic E-state index is 0.0807. The fourth-order valence-corrected chi connectivity index (χ4v) is 2.05. The summed E-state index contributed by atoms with van der Waals surface area (Å²) in [6.07, 6.45) is 1.71. The number of pyridine rings is 1. The Bertz CT molecular complexity index is 638. The normalized spacial score (nSPS) is 10.8. The van der Waals surface area contributed by atoms with E-state index in [0.717, 1.165) is 5.56 Å². The van der Waals surface area contributed by atoms with Gasteiger partial charge in [0.15, 0.2) is 0 Å². The Morgan fingerprint density at radius 2 is 1.76 bits per heavy atom. The molecule has 0 amide bonds. The summed E-state index contributed by atoms with van der Waals surface area (Å²) in [4.78, 5) is 11.6. The van der Waals surface area contributed by atoms with Crippen LogP contribution in [0.25, 0.3) is 0 Å². The predicted molar refractivity (Wildman–Crippen MR) is 86.3 cm³/mol. The highest BCUT2D eigenvalue weighted by Gasteiger charge is 2.18. The van der Waals surface area contributed by atoms with Crippen LogP contribution in [0.2, 0.25) is 0 Å². The van der Waals surface area contributed by atoms with E-state index in [0.29, 0.717) is 12.1 Å². The van der Waals surface area contributed by atoms with Gasteiger partial charge in [0.25, 0.3) is 5.56 Å². The fourth-order valence-electron chi connectivity index (χ4n) is 2.05. The largest absolute Gasteiger partial charge is 0.311 e. The summed E-state index contributed by atoms with van der Waals surface area (Å²) in [6, 6.07) is 10.2. The summed E-state index contributed by atoms with van der Waals surface area (Å²) in [6.45, 7) is 10.3. The topological polar surface area (TPSA) is 22.0 Å². The van der Waals surface area contributed by atoms with Crippen LogP contribution in [0.4, 0.5) is 4.39 Å². The Hall–Kier alpha value is -1.90. The van der Waals surface area contributed by atoms with Crippen molar-refractivity contribution in [2.24, 2.45) is 0 Å². The van der Waals surface area contributed by atoms with E-state index >= 15 is 0 Å². The van der Waals surface area contributed by atoms with Crippen molar-refractivity contribution in [3.8, 4) is 0 Å². The number of hydrogen-bond donors (Lipinski definition) is 0. The van der Waals surface area contributed by atoms with E-state index in [1.807, 2.05) is 40.7 Å². The van der Waals surface area contributed by atoms with Crippen molar-refractivity contribution in [1.29, 1.82) is 0 Å². The minimum atomic E-state index is -0.216. The maximum atomic E-state index is 14.1. The zero-order valence-electron chi connectivity index (χ0n) is 13.5. The van der Waals surface area contributed by atoms with Crippen LogP contribution in [0.3, 0.4) is 0 Å². The van der Waals surface area contributed by atoms with Crippen molar-refractivity contribution in [2.75, 3.05) is 0 Å². The second kappa shape index (κ2) is 7.21. The maximum Gasteiger partial charge on any atom is 0.250 e. The number of hydrogen-bond acceptors (Lipinski definition) is 1. The van der Waals surface area contributed by atoms with Gasteiger partial charge in [-0.2, -0.15) is 0 Å². The molecule has 0 aliphatic rings. The second-order valence-corrected chi connectivity index (χ2v) is 5.73. The van der Waals surface area contributed by atoms with E-state index in [4.69, 9.17) is 0 Å². The molecule has 0 unspecified atom stereocenters.